The van der Waals surface area contributed by atoms with Gasteiger partial charge in [-0.05, 0) is 6.92 Å². The first-order chi connectivity index (χ1) is 10.2. The van der Waals surface area contributed by atoms with E-state index in [9.17, 15) is 4.79 Å². The second kappa shape index (κ2) is 6.21. The SMILES string of the molecule is CCOC1(c2noc(C3COCCC3=O)n2)CCOCC1. The van der Waals surface area contributed by atoms with Crippen LogP contribution in [0.25, 0.3) is 0 Å². The van der Waals surface area contributed by atoms with Crippen molar-refractivity contribution in [3.63, 3.8) is 0 Å². The predicted molar refractivity (Wildman–Crippen MR) is 70.8 cm³/mol. The largest absolute Gasteiger partial charge is 0.381 e. The Labute approximate surface area is 122 Å². The van der Waals surface area contributed by atoms with Gasteiger partial charge in [-0.15, -0.1) is 0 Å². The highest BCUT2D eigenvalue weighted by Crippen LogP contribution is 2.35. The number of rotatable bonds is 4. The Morgan fingerprint density at radius 2 is 2.10 bits per heavy atom. The quantitative estimate of drug-likeness (QED) is 0.825. The van der Waals surface area contributed by atoms with Crippen LogP contribution in [0.15, 0.2) is 4.52 Å². The fourth-order valence-corrected chi connectivity index (χ4v) is 2.82. The van der Waals surface area contributed by atoms with Crippen LogP contribution in [0.2, 0.25) is 0 Å². The maximum absolute atomic E-state index is 11.9. The standard InChI is InChI=1S/C14H20N2O5/c1-2-20-14(4-7-18-8-5-14)13-15-12(21-16-13)10-9-19-6-3-11(10)17/h10H,2-9H2,1H3. The normalized spacial score (nSPS) is 26.0. The van der Waals surface area contributed by atoms with Gasteiger partial charge < -0.3 is 18.7 Å². The molecule has 0 bridgehead atoms. The molecule has 1 aromatic rings. The molecule has 1 unspecified atom stereocenters. The zero-order chi connectivity index (χ0) is 14.7. The number of hydrogen-bond donors (Lipinski definition) is 0. The minimum atomic E-state index is -0.562. The van der Waals surface area contributed by atoms with Crippen molar-refractivity contribution in [1.82, 2.24) is 10.1 Å². The van der Waals surface area contributed by atoms with Gasteiger partial charge in [0.25, 0.3) is 0 Å². The third kappa shape index (κ3) is 2.86. The van der Waals surface area contributed by atoms with E-state index in [0.29, 0.717) is 64.0 Å². The molecule has 3 rings (SSSR count). The summed E-state index contributed by atoms with van der Waals surface area (Å²) in [6.07, 6.45) is 1.77. The molecule has 0 saturated carbocycles. The molecule has 1 atom stereocenters. The van der Waals surface area contributed by atoms with Gasteiger partial charge in [0, 0.05) is 39.1 Å². The Hall–Kier alpha value is -1.31. The zero-order valence-electron chi connectivity index (χ0n) is 12.2. The van der Waals surface area contributed by atoms with Crippen LogP contribution in [0.1, 0.15) is 43.8 Å². The number of ketones is 1. The van der Waals surface area contributed by atoms with Crippen LogP contribution in [-0.4, -0.2) is 49.0 Å². The molecule has 0 aliphatic carbocycles. The van der Waals surface area contributed by atoms with Crippen molar-refractivity contribution >= 4 is 5.78 Å². The second-order valence-corrected chi connectivity index (χ2v) is 5.34. The van der Waals surface area contributed by atoms with Crippen LogP contribution in [0.5, 0.6) is 0 Å². The van der Waals surface area contributed by atoms with Gasteiger partial charge in [0.1, 0.15) is 17.3 Å². The van der Waals surface area contributed by atoms with E-state index in [2.05, 4.69) is 10.1 Å². The third-order valence-corrected chi connectivity index (χ3v) is 4.03. The highest BCUT2D eigenvalue weighted by atomic mass is 16.5. The number of nitrogens with zero attached hydrogens (tertiary/aromatic N) is 2. The zero-order valence-corrected chi connectivity index (χ0v) is 12.2. The summed E-state index contributed by atoms with van der Waals surface area (Å²) < 4.78 is 21.9. The number of carbonyl (C=O) groups is 1. The van der Waals surface area contributed by atoms with Crippen molar-refractivity contribution in [3.05, 3.63) is 11.7 Å². The van der Waals surface area contributed by atoms with Gasteiger partial charge in [-0.3, -0.25) is 4.79 Å². The van der Waals surface area contributed by atoms with Crippen molar-refractivity contribution in [3.8, 4) is 0 Å². The van der Waals surface area contributed by atoms with Crippen LogP contribution in [0.4, 0.5) is 0 Å². The minimum Gasteiger partial charge on any atom is -0.381 e. The number of ether oxygens (including phenoxy) is 3. The third-order valence-electron chi connectivity index (χ3n) is 4.03. The molecule has 2 aliphatic heterocycles. The van der Waals surface area contributed by atoms with Crippen LogP contribution < -0.4 is 0 Å². The highest BCUT2D eigenvalue weighted by molar-refractivity contribution is 5.85. The Morgan fingerprint density at radius 1 is 1.29 bits per heavy atom. The van der Waals surface area contributed by atoms with Crippen LogP contribution >= 0.6 is 0 Å². The number of Topliss-reactive ketones (excluding diaryl/α,β-unsaturated/α-hetero) is 1. The maximum atomic E-state index is 11.9. The summed E-state index contributed by atoms with van der Waals surface area (Å²) in [5.41, 5.74) is -0.562. The lowest BCUT2D eigenvalue weighted by atomic mass is 9.93. The molecule has 2 saturated heterocycles. The van der Waals surface area contributed by atoms with Crippen molar-refractivity contribution in [2.24, 2.45) is 0 Å². The molecule has 0 aromatic carbocycles. The summed E-state index contributed by atoms with van der Waals surface area (Å²) in [7, 11) is 0. The lowest BCUT2D eigenvalue weighted by Gasteiger charge is -2.33. The highest BCUT2D eigenvalue weighted by Gasteiger charge is 2.41. The number of hydrogen-bond acceptors (Lipinski definition) is 7. The second-order valence-electron chi connectivity index (χ2n) is 5.34. The molecule has 2 aliphatic rings. The monoisotopic (exact) mass is 296 g/mol. The molecule has 0 amide bonds. The summed E-state index contributed by atoms with van der Waals surface area (Å²) in [6, 6.07) is 0. The topological polar surface area (TPSA) is 83.7 Å². The van der Waals surface area contributed by atoms with Gasteiger partial charge in [0.15, 0.2) is 0 Å². The van der Waals surface area contributed by atoms with E-state index in [1.165, 1.54) is 0 Å². The number of carbonyl (C=O) groups excluding carboxylic acids is 1. The Kier molecular flexibility index (Phi) is 4.32. The first-order valence-corrected chi connectivity index (χ1v) is 7.41. The van der Waals surface area contributed by atoms with Crippen molar-refractivity contribution in [2.75, 3.05) is 33.0 Å². The molecule has 7 nitrogen and oxygen atoms in total. The van der Waals surface area contributed by atoms with Gasteiger partial charge >= 0.3 is 0 Å². The Morgan fingerprint density at radius 3 is 2.81 bits per heavy atom. The summed E-state index contributed by atoms with van der Waals surface area (Å²) in [5, 5.41) is 4.07. The van der Waals surface area contributed by atoms with Gasteiger partial charge in [0.2, 0.25) is 11.7 Å². The van der Waals surface area contributed by atoms with E-state index in [1.54, 1.807) is 0 Å². The molecule has 1 aromatic heterocycles. The molecule has 7 heteroatoms. The summed E-state index contributed by atoms with van der Waals surface area (Å²) in [5.74, 6) is 0.494. The van der Waals surface area contributed by atoms with Crippen molar-refractivity contribution < 1.29 is 23.5 Å². The number of aromatic nitrogens is 2. The first-order valence-electron chi connectivity index (χ1n) is 7.41. The van der Waals surface area contributed by atoms with Crippen LogP contribution in [0.3, 0.4) is 0 Å². The van der Waals surface area contributed by atoms with E-state index in [0.717, 1.165) is 0 Å². The van der Waals surface area contributed by atoms with Gasteiger partial charge in [-0.1, -0.05) is 5.16 Å². The van der Waals surface area contributed by atoms with Crippen LogP contribution in [0, 0.1) is 0 Å². The Balaban J connectivity index is 1.83. The molecular formula is C14H20N2O5. The fourth-order valence-electron chi connectivity index (χ4n) is 2.82. The molecule has 0 N–H and O–H groups in total. The molecule has 2 fully saturated rings. The molecule has 0 radical (unpaired) electrons. The summed E-state index contributed by atoms with van der Waals surface area (Å²) in [6.45, 7) is 4.50. The molecule has 0 spiro atoms. The van der Waals surface area contributed by atoms with Gasteiger partial charge in [-0.2, -0.15) is 4.98 Å². The molecule has 21 heavy (non-hydrogen) atoms. The van der Waals surface area contributed by atoms with E-state index in [4.69, 9.17) is 18.7 Å². The summed E-state index contributed by atoms with van der Waals surface area (Å²) in [4.78, 5) is 16.4. The van der Waals surface area contributed by atoms with Crippen molar-refractivity contribution in [1.29, 1.82) is 0 Å². The smallest absolute Gasteiger partial charge is 0.239 e. The Bertz CT molecular complexity index is 490. The lowest BCUT2D eigenvalue weighted by Crippen LogP contribution is -2.37. The minimum absolute atomic E-state index is 0.0916. The van der Waals surface area contributed by atoms with Gasteiger partial charge in [-0.25, -0.2) is 0 Å². The van der Waals surface area contributed by atoms with E-state index >= 15 is 0 Å². The molecule has 3 heterocycles. The van der Waals surface area contributed by atoms with Crippen LogP contribution in [-0.2, 0) is 24.6 Å². The maximum Gasteiger partial charge on any atom is 0.239 e. The fraction of sp³-hybridized carbons (Fsp3) is 0.786. The average Bonchev–Trinajstić information content (AvgIpc) is 2.99. The van der Waals surface area contributed by atoms with E-state index in [-0.39, 0.29) is 5.78 Å². The predicted octanol–water partition coefficient (Wildman–Crippen LogP) is 1.18. The molecule has 116 valence electrons. The van der Waals surface area contributed by atoms with E-state index < -0.39 is 11.5 Å². The van der Waals surface area contributed by atoms with E-state index in [1.807, 2.05) is 6.92 Å². The van der Waals surface area contributed by atoms with Crippen molar-refractivity contribution in [2.45, 2.75) is 37.7 Å². The first kappa shape index (κ1) is 14.6. The summed E-state index contributed by atoms with van der Waals surface area (Å²) >= 11 is 0. The lowest BCUT2D eigenvalue weighted by molar-refractivity contribution is -0.127. The van der Waals surface area contributed by atoms with Gasteiger partial charge in [0.05, 0.1) is 13.2 Å². The molecular weight excluding hydrogens is 276 g/mol. The average molecular weight is 296 g/mol.